The lowest BCUT2D eigenvalue weighted by Crippen LogP contribution is -2.16. The maximum atomic E-state index is 13.1. The average molecular weight is 401 g/mol. The summed E-state index contributed by atoms with van der Waals surface area (Å²) in [6.45, 7) is 3.46. The third-order valence-corrected chi connectivity index (χ3v) is 4.94. The number of primary sulfonamides is 1. The lowest BCUT2D eigenvalue weighted by molar-refractivity contribution is 0.102. The molecule has 8 heteroatoms. The summed E-state index contributed by atoms with van der Waals surface area (Å²) in [5, 5.41) is 7.77. The summed E-state index contributed by atoms with van der Waals surface area (Å²) < 4.78 is 36.4. The molecule has 0 spiro atoms. The molecule has 0 saturated carbocycles. The van der Waals surface area contributed by atoms with Crippen molar-refractivity contribution in [1.82, 2.24) is 0 Å². The highest BCUT2D eigenvalue weighted by molar-refractivity contribution is 9.10. The van der Waals surface area contributed by atoms with E-state index in [1.165, 1.54) is 30.3 Å². The largest absolute Gasteiger partial charge is 0.322 e. The first kappa shape index (κ1) is 17.6. The number of rotatable bonds is 3. The van der Waals surface area contributed by atoms with Crippen molar-refractivity contribution in [3.05, 3.63) is 57.3 Å². The van der Waals surface area contributed by atoms with E-state index in [9.17, 15) is 17.6 Å². The van der Waals surface area contributed by atoms with E-state index in [4.69, 9.17) is 5.14 Å². The van der Waals surface area contributed by atoms with Crippen LogP contribution < -0.4 is 10.5 Å². The molecule has 23 heavy (non-hydrogen) atoms. The van der Waals surface area contributed by atoms with Gasteiger partial charge in [0.2, 0.25) is 10.0 Å². The van der Waals surface area contributed by atoms with E-state index in [2.05, 4.69) is 21.2 Å². The molecule has 0 aliphatic carbocycles. The smallest absolute Gasteiger partial charge is 0.256 e. The highest BCUT2D eigenvalue weighted by Gasteiger charge is 2.16. The minimum Gasteiger partial charge on any atom is -0.322 e. The molecule has 0 fully saturated rings. The fourth-order valence-corrected chi connectivity index (χ4v) is 3.14. The van der Waals surface area contributed by atoms with Gasteiger partial charge in [0.05, 0.1) is 10.5 Å². The Morgan fingerprint density at radius 3 is 2.43 bits per heavy atom. The zero-order valence-corrected chi connectivity index (χ0v) is 14.8. The van der Waals surface area contributed by atoms with E-state index < -0.39 is 21.7 Å². The number of anilines is 1. The second kappa shape index (κ2) is 6.38. The minimum atomic E-state index is -3.89. The van der Waals surface area contributed by atoms with Crippen LogP contribution in [0.4, 0.5) is 10.1 Å². The quantitative estimate of drug-likeness (QED) is 0.829. The first-order valence-corrected chi connectivity index (χ1v) is 8.84. The zero-order chi connectivity index (χ0) is 17.4. The number of nitrogens with two attached hydrogens (primary N) is 1. The maximum Gasteiger partial charge on any atom is 0.256 e. The van der Waals surface area contributed by atoms with Gasteiger partial charge in [0.1, 0.15) is 5.82 Å². The predicted octanol–water partition coefficient (Wildman–Crippen LogP) is 3.10. The molecular formula is C15H14BrFN2O3S. The number of benzene rings is 2. The van der Waals surface area contributed by atoms with Crippen LogP contribution in [0.5, 0.6) is 0 Å². The van der Waals surface area contributed by atoms with E-state index in [1.54, 1.807) is 13.8 Å². The number of sulfonamides is 1. The van der Waals surface area contributed by atoms with Crippen molar-refractivity contribution in [2.45, 2.75) is 18.7 Å². The summed E-state index contributed by atoms with van der Waals surface area (Å²) in [5.41, 5.74) is 1.94. The van der Waals surface area contributed by atoms with Gasteiger partial charge >= 0.3 is 0 Å². The van der Waals surface area contributed by atoms with Crippen LogP contribution in [0.1, 0.15) is 21.5 Å². The third-order valence-electron chi connectivity index (χ3n) is 3.39. The number of hydrogen-bond donors (Lipinski definition) is 2. The summed E-state index contributed by atoms with van der Waals surface area (Å²) in [4.78, 5) is 12.2. The molecule has 1 amide bonds. The molecule has 0 aliphatic heterocycles. The Hall–Kier alpha value is -1.77. The summed E-state index contributed by atoms with van der Waals surface area (Å²) in [5.74, 6) is -0.970. The molecule has 2 aromatic carbocycles. The van der Waals surface area contributed by atoms with Gasteiger partial charge in [-0.15, -0.1) is 0 Å². The lowest BCUT2D eigenvalue weighted by atomic mass is 10.1. The first-order valence-electron chi connectivity index (χ1n) is 6.50. The number of halogens is 2. The van der Waals surface area contributed by atoms with Gasteiger partial charge < -0.3 is 5.32 Å². The van der Waals surface area contributed by atoms with Crippen molar-refractivity contribution < 1.29 is 17.6 Å². The first-order chi connectivity index (χ1) is 10.6. The molecular weight excluding hydrogens is 387 g/mol. The molecule has 2 aromatic rings. The summed E-state index contributed by atoms with van der Waals surface area (Å²) in [7, 11) is -3.89. The van der Waals surface area contributed by atoms with Gasteiger partial charge in [-0.25, -0.2) is 17.9 Å². The normalized spacial score (nSPS) is 11.3. The third kappa shape index (κ3) is 3.95. The molecule has 0 aliphatic rings. The van der Waals surface area contributed by atoms with Crippen molar-refractivity contribution in [2.75, 3.05) is 5.32 Å². The Morgan fingerprint density at radius 2 is 1.87 bits per heavy atom. The molecule has 5 nitrogen and oxygen atoms in total. The topological polar surface area (TPSA) is 89.3 Å². The summed E-state index contributed by atoms with van der Waals surface area (Å²) in [6.07, 6.45) is 0. The molecule has 0 saturated heterocycles. The van der Waals surface area contributed by atoms with E-state index in [-0.39, 0.29) is 10.5 Å². The van der Waals surface area contributed by atoms with E-state index in [1.807, 2.05) is 0 Å². The fourth-order valence-electron chi connectivity index (χ4n) is 1.98. The van der Waals surface area contributed by atoms with Crippen LogP contribution in [0, 0.1) is 19.7 Å². The van der Waals surface area contributed by atoms with Gasteiger partial charge in [0.15, 0.2) is 0 Å². The molecule has 0 radical (unpaired) electrons. The fraction of sp³-hybridized carbons (Fsp3) is 0.133. The van der Waals surface area contributed by atoms with Crippen molar-refractivity contribution in [3.8, 4) is 0 Å². The second-order valence-electron chi connectivity index (χ2n) is 5.04. The number of nitrogens with one attached hydrogen (secondary N) is 1. The minimum absolute atomic E-state index is 0.0888. The van der Waals surface area contributed by atoms with Gasteiger partial charge in [-0.3, -0.25) is 4.79 Å². The van der Waals surface area contributed by atoms with Crippen LogP contribution in [-0.4, -0.2) is 14.3 Å². The number of aryl methyl sites for hydroxylation is 1. The second-order valence-corrected chi connectivity index (χ2v) is 7.45. The Bertz CT molecular complexity index is 898. The van der Waals surface area contributed by atoms with Crippen LogP contribution in [-0.2, 0) is 10.0 Å². The van der Waals surface area contributed by atoms with Crippen molar-refractivity contribution >= 4 is 37.5 Å². The van der Waals surface area contributed by atoms with Crippen LogP contribution in [0.3, 0.4) is 0 Å². The number of carbonyl (C=O) groups is 1. The van der Waals surface area contributed by atoms with Gasteiger partial charge in [-0.1, -0.05) is 0 Å². The van der Waals surface area contributed by atoms with Crippen LogP contribution in [0.15, 0.2) is 39.7 Å². The monoisotopic (exact) mass is 400 g/mol. The van der Waals surface area contributed by atoms with Crippen molar-refractivity contribution in [3.63, 3.8) is 0 Å². The van der Waals surface area contributed by atoms with E-state index in [0.717, 1.165) is 0 Å². The Balaban J connectivity index is 2.43. The molecule has 0 unspecified atom stereocenters. The highest BCUT2D eigenvalue weighted by atomic mass is 79.9. The SMILES string of the molecule is Cc1cc(S(N)(=O)=O)cc(NC(=O)c2ccc(F)cc2Br)c1C. The summed E-state index contributed by atoms with van der Waals surface area (Å²) in [6, 6.07) is 6.41. The molecule has 3 N–H and O–H groups in total. The predicted molar refractivity (Wildman–Crippen MR) is 89.3 cm³/mol. The number of hydrogen-bond acceptors (Lipinski definition) is 3. The van der Waals surface area contributed by atoms with E-state index >= 15 is 0 Å². The van der Waals surface area contributed by atoms with E-state index in [0.29, 0.717) is 21.3 Å². The highest BCUT2D eigenvalue weighted by Crippen LogP contribution is 2.25. The number of amides is 1. The van der Waals surface area contributed by atoms with Crippen LogP contribution in [0.2, 0.25) is 0 Å². The number of carbonyl (C=O) groups excluding carboxylic acids is 1. The maximum absolute atomic E-state index is 13.1. The average Bonchev–Trinajstić information content (AvgIpc) is 2.42. The lowest BCUT2D eigenvalue weighted by Gasteiger charge is -2.13. The molecule has 2 rings (SSSR count). The zero-order valence-electron chi connectivity index (χ0n) is 12.4. The Labute approximate surface area is 141 Å². The van der Waals surface area contributed by atoms with Crippen LogP contribution in [0.25, 0.3) is 0 Å². The Morgan fingerprint density at radius 1 is 1.22 bits per heavy atom. The summed E-state index contributed by atoms with van der Waals surface area (Å²) >= 11 is 3.12. The van der Waals surface area contributed by atoms with Gasteiger partial charge in [-0.2, -0.15) is 0 Å². The van der Waals surface area contributed by atoms with Gasteiger partial charge in [-0.05, 0) is 71.2 Å². The molecule has 0 aromatic heterocycles. The molecule has 0 bridgehead atoms. The van der Waals surface area contributed by atoms with Crippen molar-refractivity contribution in [1.29, 1.82) is 0 Å². The standard InChI is InChI=1S/C15H14BrFN2O3S/c1-8-5-11(23(18,21)22)7-14(9(8)2)19-15(20)12-4-3-10(17)6-13(12)16/h3-7H,1-2H3,(H,19,20)(H2,18,21,22). The molecule has 122 valence electrons. The molecule has 0 atom stereocenters. The van der Waals surface area contributed by atoms with Gasteiger partial charge in [0, 0.05) is 10.2 Å². The van der Waals surface area contributed by atoms with Crippen LogP contribution >= 0.6 is 15.9 Å². The Kier molecular flexibility index (Phi) is 4.88. The van der Waals surface area contributed by atoms with Crippen molar-refractivity contribution in [2.24, 2.45) is 5.14 Å². The van der Waals surface area contributed by atoms with Gasteiger partial charge in [0.25, 0.3) is 5.91 Å². The molecule has 0 heterocycles.